The summed E-state index contributed by atoms with van der Waals surface area (Å²) in [7, 11) is 0. The zero-order chi connectivity index (χ0) is 10.5. The number of likely N-dealkylation sites (N-methyl/N-ethyl adjacent to an activating group) is 1. The SMILES string of the molecule is CCNCCc1nc(-c2ccc[nH]2)no1. The van der Waals surface area contributed by atoms with Crippen LogP contribution in [-0.4, -0.2) is 28.2 Å². The van der Waals surface area contributed by atoms with E-state index < -0.39 is 0 Å². The molecule has 5 heteroatoms. The number of nitrogens with one attached hydrogen (secondary N) is 2. The summed E-state index contributed by atoms with van der Waals surface area (Å²) in [6.45, 7) is 3.89. The van der Waals surface area contributed by atoms with Gasteiger partial charge in [0.2, 0.25) is 11.7 Å². The zero-order valence-electron chi connectivity index (χ0n) is 8.66. The van der Waals surface area contributed by atoms with Crippen LogP contribution in [0, 0.1) is 0 Å². The molecule has 0 fully saturated rings. The highest BCUT2D eigenvalue weighted by Gasteiger charge is 2.07. The minimum atomic E-state index is 0.617. The van der Waals surface area contributed by atoms with Crippen molar-refractivity contribution in [3.8, 4) is 11.5 Å². The van der Waals surface area contributed by atoms with E-state index >= 15 is 0 Å². The standard InChI is InChI=1S/C10H14N4O/c1-2-11-7-5-9-13-10(14-15-9)8-4-3-6-12-8/h3-4,6,11-12H,2,5,7H2,1H3. The number of hydrogen-bond acceptors (Lipinski definition) is 4. The summed E-state index contributed by atoms with van der Waals surface area (Å²) >= 11 is 0. The summed E-state index contributed by atoms with van der Waals surface area (Å²) in [5.74, 6) is 1.28. The van der Waals surface area contributed by atoms with Crippen LogP contribution in [-0.2, 0) is 6.42 Å². The lowest BCUT2D eigenvalue weighted by molar-refractivity contribution is 0.376. The number of rotatable bonds is 5. The molecule has 0 saturated carbocycles. The molecule has 0 spiro atoms. The highest BCUT2D eigenvalue weighted by Crippen LogP contribution is 2.12. The molecule has 2 N–H and O–H groups in total. The Morgan fingerprint density at radius 3 is 3.20 bits per heavy atom. The molecule has 0 radical (unpaired) electrons. The lowest BCUT2D eigenvalue weighted by Gasteiger charge is -1.94. The fourth-order valence-electron chi connectivity index (χ4n) is 1.31. The average molecular weight is 206 g/mol. The maximum absolute atomic E-state index is 5.11. The van der Waals surface area contributed by atoms with E-state index in [-0.39, 0.29) is 0 Å². The molecule has 0 amide bonds. The van der Waals surface area contributed by atoms with E-state index in [9.17, 15) is 0 Å². The first-order valence-corrected chi connectivity index (χ1v) is 5.07. The third-order valence-corrected chi connectivity index (χ3v) is 2.07. The molecule has 0 aliphatic heterocycles. The van der Waals surface area contributed by atoms with Crippen LogP contribution in [0.25, 0.3) is 11.5 Å². The topological polar surface area (TPSA) is 66.7 Å². The summed E-state index contributed by atoms with van der Waals surface area (Å²) in [4.78, 5) is 7.31. The third kappa shape index (κ3) is 2.44. The Balaban J connectivity index is 1.98. The monoisotopic (exact) mass is 206 g/mol. The molecule has 5 nitrogen and oxygen atoms in total. The summed E-state index contributed by atoms with van der Waals surface area (Å²) in [6, 6.07) is 3.82. The lowest BCUT2D eigenvalue weighted by Crippen LogP contribution is -2.16. The summed E-state index contributed by atoms with van der Waals surface area (Å²) in [5.41, 5.74) is 0.883. The molecular formula is C10H14N4O. The Hall–Kier alpha value is -1.62. The van der Waals surface area contributed by atoms with Crippen LogP contribution in [0.15, 0.2) is 22.9 Å². The van der Waals surface area contributed by atoms with E-state index in [1.807, 2.05) is 18.3 Å². The van der Waals surface area contributed by atoms with E-state index in [0.29, 0.717) is 11.7 Å². The van der Waals surface area contributed by atoms with Crippen molar-refractivity contribution in [1.82, 2.24) is 20.4 Å². The van der Waals surface area contributed by atoms with E-state index in [1.165, 1.54) is 0 Å². The molecule has 15 heavy (non-hydrogen) atoms. The fraction of sp³-hybridized carbons (Fsp3) is 0.400. The van der Waals surface area contributed by atoms with Crippen LogP contribution in [0.2, 0.25) is 0 Å². The number of H-pyrrole nitrogens is 1. The van der Waals surface area contributed by atoms with E-state index in [2.05, 4.69) is 27.4 Å². The predicted molar refractivity (Wildman–Crippen MR) is 56.3 cm³/mol. The summed E-state index contributed by atoms with van der Waals surface area (Å²) in [5, 5.41) is 7.10. The minimum Gasteiger partial charge on any atom is -0.359 e. The summed E-state index contributed by atoms with van der Waals surface area (Å²) in [6.07, 6.45) is 2.60. The molecule has 2 aromatic rings. The van der Waals surface area contributed by atoms with Crippen molar-refractivity contribution in [1.29, 1.82) is 0 Å². The first kappa shape index (κ1) is 9.92. The smallest absolute Gasteiger partial charge is 0.228 e. The third-order valence-electron chi connectivity index (χ3n) is 2.07. The number of aromatic amines is 1. The Bertz CT molecular complexity index is 393. The number of hydrogen-bond donors (Lipinski definition) is 2. The van der Waals surface area contributed by atoms with Crippen LogP contribution in [0.3, 0.4) is 0 Å². The summed E-state index contributed by atoms with van der Waals surface area (Å²) < 4.78 is 5.11. The molecule has 0 aliphatic rings. The Kier molecular flexibility index (Phi) is 3.14. The van der Waals surface area contributed by atoms with Crippen molar-refractivity contribution >= 4 is 0 Å². The van der Waals surface area contributed by atoms with Gasteiger partial charge in [0.1, 0.15) is 0 Å². The van der Waals surface area contributed by atoms with Gasteiger partial charge in [0.05, 0.1) is 5.69 Å². The van der Waals surface area contributed by atoms with E-state index in [4.69, 9.17) is 4.52 Å². The van der Waals surface area contributed by atoms with Crippen LogP contribution < -0.4 is 5.32 Å². The average Bonchev–Trinajstić information content (AvgIpc) is 2.87. The van der Waals surface area contributed by atoms with Crippen LogP contribution in [0.4, 0.5) is 0 Å². The van der Waals surface area contributed by atoms with Gasteiger partial charge in [0.15, 0.2) is 0 Å². The first-order chi connectivity index (χ1) is 7.40. The van der Waals surface area contributed by atoms with Crippen LogP contribution >= 0.6 is 0 Å². The van der Waals surface area contributed by atoms with Gasteiger partial charge < -0.3 is 14.8 Å². The predicted octanol–water partition coefficient (Wildman–Crippen LogP) is 1.22. The Labute approximate surface area is 87.9 Å². The molecule has 0 saturated heterocycles. The second kappa shape index (κ2) is 4.75. The van der Waals surface area contributed by atoms with Gasteiger partial charge in [-0.3, -0.25) is 0 Å². The van der Waals surface area contributed by atoms with Gasteiger partial charge in [-0.15, -0.1) is 0 Å². The van der Waals surface area contributed by atoms with Crippen molar-refractivity contribution in [2.75, 3.05) is 13.1 Å². The van der Waals surface area contributed by atoms with Crippen LogP contribution in [0.1, 0.15) is 12.8 Å². The van der Waals surface area contributed by atoms with Crippen molar-refractivity contribution in [3.05, 3.63) is 24.2 Å². The molecular weight excluding hydrogens is 192 g/mol. The molecule has 0 bridgehead atoms. The van der Waals surface area contributed by atoms with Gasteiger partial charge >= 0.3 is 0 Å². The second-order valence-electron chi connectivity index (χ2n) is 3.20. The van der Waals surface area contributed by atoms with Gasteiger partial charge in [-0.05, 0) is 18.7 Å². The molecule has 0 unspecified atom stereocenters. The largest absolute Gasteiger partial charge is 0.359 e. The second-order valence-corrected chi connectivity index (χ2v) is 3.20. The molecule has 0 atom stereocenters. The van der Waals surface area contributed by atoms with Gasteiger partial charge in [0, 0.05) is 19.2 Å². The van der Waals surface area contributed by atoms with E-state index in [1.54, 1.807) is 0 Å². The molecule has 0 aliphatic carbocycles. The van der Waals surface area contributed by atoms with Gasteiger partial charge in [-0.1, -0.05) is 12.1 Å². The molecule has 2 aromatic heterocycles. The minimum absolute atomic E-state index is 0.617. The van der Waals surface area contributed by atoms with E-state index in [0.717, 1.165) is 25.2 Å². The Morgan fingerprint density at radius 1 is 1.53 bits per heavy atom. The highest BCUT2D eigenvalue weighted by molar-refractivity contribution is 5.47. The van der Waals surface area contributed by atoms with Crippen molar-refractivity contribution in [3.63, 3.8) is 0 Å². The molecule has 2 rings (SSSR count). The quantitative estimate of drug-likeness (QED) is 0.722. The van der Waals surface area contributed by atoms with Gasteiger partial charge in [-0.25, -0.2) is 0 Å². The highest BCUT2D eigenvalue weighted by atomic mass is 16.5. The number of aromatic nitrogens is 3. The molecule has 0 aromatic carbocycles. The normalized spacial score (nSPS) is 10.7. The van der Waals surface area contributed by atoms with Gasteiger partial charge in [-0.2, -0.15) is 4.98 Å². The zero-order valence-corrected chi connectivity index (χ0v) is 8.66. The first-order valence-electron chi connectivity index (χ1n) is 5.07. The number of nitrogens with zero attached hydrogens (tertiary/aromatic N) is 2. The van der Waals surface area contributed by atoms with Crippen LogP contribution in [0.5, 0.6) is 0 Å². The maximum atomic E-state index is 5.11. The fourth-order valence-corrected chi connectivity index (χ4v) is 1.31. The van der Waals surface area contributed by atoms with Gasteiger partial charge in [0.25, 0.3) is 0 Å². The van der Waals surface area contributed by atoms with Crippen molar-refractivity contribution in [2.45, 2.75) is 13.3 Å². The Morgan fingerprint density at radius 2 is 2.47 bits per heavy atom. The molecule has 80 valence electrons. The molecule has 2 heterocycles. The van der Waals surface area contributed by atoms with Crippen molar-refractivity contribution < 1.29 is 4.52 Å². The maximum Gasteiger partial charge on any atom is 0.228 e. The lowest BCUT2D eigenvalue weighted by atomic mass is 10.4. The van der Waals surface area contributed by atoms with Crippen molar-refractivity contribution in [2.24, 2.45) is 0 Å².